The molecule has 0 atom stereocenters. The van der Waals surface area contributed by atoms with Gasteiger partial charge >= 0.3 is 0 Å². The third-order valence-electron chi connectivity index (χ3n) is 1.38. The van der Waals surface area contributed by atoms with Crippen molar-refractivity contribution in [2.45, 2.75) is 0 Å². The molecule has 0 radical (unpaired) electrons. The zero-order valence-corrected chi connectivity index (χ0v) is 6.50. The lowest BCUT2D eigenvalue weighted by atomic mass is 10.2. The minimum atomic E-state index is -0.239. The summed E-state index contributed by atoms with van der Waals surface area (Å²) in [4.78, 5) is 3.16. The first-order valence-electron chi connectivity index (χ1n) is 3.58. The van der Waals surface area contributed by atoms with Crippen LogP contribution < -0.4 is 0 Å². The normalized spacial score (nSPS) is 10.0. The maximum atomic E-state index is 12.4. The second-order valence-corrected chi connectivity index (χ2v) is 2.29. The van der Waals surface area contributed by atoms with Crippen molar-refractivity contribution in [1.29, 1.82) is 0 Å². The van der Waals surface area contributed by atoms with Crippen LogP contribution in [0, 0.1) is 12.4 Å². The molecular formula is C10H8FN. The van der Waals surface area contributed by atoms with Gasteiger partial charge in [0.2, 0.25) is 6.54 Å². The van der Waals surface area contributed by atoms with Crippen molar-refractivity contribution in [3.63, 3.8) is 0 Å². The fourth-order valence-corrected chi connectivity index (χ4v) is 0.815. The maximum absolute atomic E-state index is 12.4. The summed E-state index contributed by atoms with van der Waals surface area (Å²) in [7, 11) is 0. The molecule has 0 aliphatic heterocycles. The van der Waals surface area contributed by atoms with Crippen molar-refractivity contribution in [3.8, 4) is 0 Å². The molecule has 0 aliphatic carbocycles. The van der Waals surface area contributed by atoms with E-state index >= 15 is 0 Å². The molecule has 0 saturated heterocycles. The molecule has 0 unspecified atom stereocenters. The van der Waals surface area contributed by atoms with Crippen LogP contribution in [0.1, 0.15) is 5.56 Å². The third-order valence-corrected chi connectivity index (χ3v) is 1.38. The molecule has 0 amide bonds. The zero-order valence-electron chi connectivity index (χ0n) is 6.50. The summed E-state index contributed by atoms with van der Waals surface area (Å²) in [6.45, 7) is 6.89. The fraction of sp³-hybridized carbons (Fsp3) is 0.100. The van der Waals surface area contributed by atoms with Gasteiger partial charge in [-0.25, -0.2) is 11.0 Å². The topological polar surface area (TPSA) is 4.36 Å². The predicted octanol–water partition coefficient (Wildman–Crippen LogP) is 2.76. The van der Waals surface area contributed by atoms with Crippen molar-refractivity contribution in [2.24, 2.45) is 0 Å². The lowest BCUT2D eigenvalue weighted by Crippen LogP contribution is -1.74. The summed E-state index contributed by atoms with van der Waals surface area (Å²) < 4.78 is 12.4. The molecule has 1 aromatic carbocycles. The van der Waals surface area contributed by atoms with E-state index in [1.165, 1.54) is 12.1 Å². The van der Waals surface area contributed by atoms with Gasteiger partial charge in [-0.05, 0) is 23.8 Å². The van der Waals surface area contributed by atoms with E-state index in [9.17, 15) is 4.39 Å². The predicted molar refractivity (Wildman–Crippen MR) is 46.9 cm³/mol. The van der Waals surface area contributed by atoms with Gasteiger partial charge in [0, 0.05) is 0 Å². The highest BCUT2D eigenvalue weighted by atomic mass is 19.1. The molecule has 1 nitrogen and oxygen atoms in total. The number of benzene rings is 1. The van der Waals surface area contributed by atoms with Crippen LogP contribution in [0.5, 0.6) is 0 Å². The Morgan fingerprint density at radius 3 is 2.58 bits per heavy atom. The smallest absolute Gasteiger partial charge is 0.233 e. The van der Waals surface area contributed by atoms with Crippen LogP contribution in [-0.4, -0.2) is 6.54 Å². The molecule has 0 bridgehead atoms. The SMILES string of the molecule is [C-]#[N+]C/C=C/c1ccc(F)cc1. The Kier molecular flexibility index (Phi) is 3.04. The summed E-state index contributed by atoms with van der Waals surface area (Å²) in [6, 6.07) is 6.15. The molecule has 60 valence electrons. The number of rotatable bonds is 2. The lowest BCUT2D eigenvalue weighted by Gasteiger charge is -1.90. The molecular weight excluding hydrogens is 153 g/mol. The molecule has 0 aromatic heterocycles. The Hall–Kier alpha value is -1.62. The molecule has 0 heterocycles. The molecule has 0 spiro atoms. The largest absolute Gasteiger partial charge is 0.312 e. The number of hydrogen-bond donors (Lipinski definition) is 0. The van der Waals surface area contributed by atoms with E-state index in [2.05, 4.69) is 4.85 Å². The monoisotopic (exact) mass is 161 g/mol. The van der Waals surface area contributed by atoms with Crippen LogP contribution in [0.25, 0.3) is 10.9 Å². The van der Waals surface area contributed by atoms with Crippen molar-refractivity contribution in [3.05, 3.63) is 53.1 Å². The third kappa shape index (κ3) is 2.55. The first kappa shape index (κ1) is 8.48. The van der Waals surface area contributed by atoms with E-state index in [0.29, 0.717) is 6.54 Å². The van der Waals surface area contributed by atoms with E-state index in [4.69, 9.17) is 6.57 Å². The van der Waals surface area contributed by atoms with Gasteiger partial charge in [0.15, 0.2) is 0 Å². The van der Waals surface area contributed by atoms with Crippen molar-refractivity contribution in [2.75, 3.05) is 6.54 Å². The highest BCUT2D eigenvalue weighted by molar-refractivity contribution is 5.49. The Balaban J connectivity index is 2.66. The fourth-order valence-electron chi connectivity index (χ4n) is 0.815. The van der Waals surface area contributed by atoms with Gasteiger partial charge in [-0.3, -0.25) is 0 Å². The van der Waals surface area contributed by atoms with E-state index in [0.717, 1.165) is 5.56 Å². The average molecular weight is 161 g/mol. The first-order valence-corrected chi connectivity index (χ1v) is 3.58. The lowest BCUT2D eigenvalue weighted by molar-refractivity contribution is 0.628. The summed E-state index contributed by atoms with van der Waals surface area (Å²) in [5.41, 5.74) is 0.917. The number of hydrogen-bond acceptors (Lipinski definition) is 0. The summed E-state index contributed by atoms with van der Waals surface area (Å²) >= 11 is 0. The zero-order chi connectivity index (χ0) is 8.81. The minimum Gasteiger partial charge on any atom is -0.312 e. The van der Waals surface area contributed by atoms with Crippen LogP contribution in [0.3, 0.4) is 0 Å². The van der Waals surface area contributed by atoms with Gasteiger partial charge in [-0.2, -0.15) is 0 Å². The Morgan fingerprint density at radius 1 is 1.33 bits per heavy atom. The van der Waals surface area contributed by atoms with E-state index in [-0.39, 0.29) is 5.82 Å². The molecule has 0 N–H and O–H groups in total. The average Bonchev–Trinajstić information content (AvgIpc) is 2.09. The molecule has 0 aliphatic rings. The molecule has 2 heteroatoms. The van der Waals surface area contributed by atoms with Crippen LogP contribution in [0.15, 0.2) is 30.3 Å². The van der Waals surface area contributed by atoms with E-state index in [1.54, 1.807) is 24.3 Å². The van der Waals surface area contributed by atoms with Crippen molar-refractivity contribution < 1.29 is 4.39 Å². The van der Waals surface area contributed by atoms with Crippen LogP contribution in [-0.2, 0) is 0 Å². The Morgan fingerprint density at radius 2 is 2.00 bits per heavy atom. The highest BCUT2D eigenvalue weighted by Crippen LogP contribution is 2.04. The van der Waals surface area contributed by atoms with Gasteiger partial charge in [0.1, 0.15) is 5.82 Å². The molecule has 0 fully saturated rings. The second-order valence-electron chi connectivity index (χ2n) is 2.29. The van der Waals surface area contributed by atoms with Crippen LogP contribution >= 0.6 is 0 Å². The molecule has 1 rings (SSSR count). The quantitative estimate of drug-likeness (QED) is 0.587. The Bertz CT molecular complexity index is 306. The minimum absolute atomic E-state index is 0.239. The van der Waals surface area contributed by atoms with Crippen molar-refractivity contribution in [1.82, 2.24) is 0 Å². The van der Waals surface area contributed by atoms with Gasteiger partial charge in [-0.1, -0.05) is 18.2 Å². The van der Waals surface area contributed by atoms with Crippen LogP contribution in [0.2, 0.25) is 0 Å². The highest BCUT2D eigenvalue weighted by Gasteiger charge is 1.87. The standard InChI is InChI=1S/C10H8FN/c1-12-8-2-3-9-4-6-10(11)7-5-9/h2-7H,8H2/b3-2+. The Labute approximate surface area is 71.0 Å². The van der Waals surface area contributed by atoms with Crippen LogP contribution in [0.4, 0.5) is 4.39 Å². The van der Waals surface area contributed by atoms with Gasteiger partial charge in [0.05, 0.1) is 0 Å². The summed E-state index contributed by atoms with van der Waals surface area (Å²) in [5, 5.41) is 0. The maximum Gasteiger partial charge on any atom is 0.233 e. The first-order chi connectivity index (χ1) is 5.83. The number of nitrogens with zero attached hydrogens (tertiary/aromatic N) is 1. The second kappa shape index (κ2) is 4.30. The number of halogens is 1. The summed E-state index contributed by atoms with van der Waals surface area (Å²) in [5.74, 6) is -0.239. The molecule has 1 aromatic rings. The van der Waals surface area contributed by atoms with E-state index in [1.807, 2.05) is 0 Å². The summed E-state index contributed by atoms with van der Waals surface area (Å²) in [6.07, 6.45) is 3.55. The van der Waals surface area contributed by atoms with Crippen molar-refractivity contribution >= 4 is 6.08 Å². The van der Waals surface area contributed by atoms with Gasteiger partial charge in [-0.15, -0.1) is 0 Å². The van der Waals surface area contributed by atoms with E-state index < -0.39 is 0 Å². The van der Waals surface area contributed by atoms with Gasteiger partial charge in [0.25, 0.3) is 0 Å². The molecule has 0 saturated carbocycles. The molecule has 12 heavy (non-hydrogen) atoms. The van der Waals surface area contributed by atoms with Gasteiger partial charge < -0.3 is 4.85 Å².